The molecule has 0 heterocycles. The Morgan fingerprint density at radius 3 is 1.75 bits per heavy atom. The van der Waals surface area contributed by atoms with Gasteiger partial charge in [-0.15, -0.1) is 0 Å². The van der Waals surface area contributed by atoms with Gasteiger partial charge in [0.2, 0.25) is 0 Å². The van der Waals surface area contributed by atoms with E-state index in [0.717, 1.165) is 16.7 Å². The summed E-state index contributed by atoms with van der Waals surface area (Å²) in [7, 11) is 1.62. The second-order valence-electron chi connectivity index (χ2n) is 11.7. The maximum absolute atomic E-state index is 13.9. The van der Waals surface area contributed by atoms with Crippen LogP contribution < -0.4 is 15.6 Å². The lowest BCUT2D eigenvalue weighted by molar-refractivity contribution is 0.403. The summed E-state index contributed by atoms with van der Waals surface area (Å²) >= 11 is 0. The van der Waals surface area contributed by atoms with Crippen LogP contribution in [0.25, 0.3) is 22.3 Å². The molecule has 4 heteroatoms. The standard InChI is InChI=1S/C36H35NO3/c1-35(2,3)30-20-11-9-18-28(32(30)38)29-19-13-15-24(34(29)40-6)22-36(4,5)31-21-12-10-17-27(33(31)39)26-16-8-7-14-25(26)23-37/h7-21H,22H2,1-6H3. The fourth-order valence-electron chi connectivity index (χ4n) is 5.31. The van der Waals surface area contributed by atoms with Crippen LogP contribution in [0.2, 0.25) is 0 Å². The molecule has 0 radical (unpaired) electrons. The molecule has 0 bridgehead atoms. The van der Waals surface area contributed by atoms with Gasteiger partial charge in [-0.3, -0.25) is 9.59 Å². The van der Waals surface area contributed by atoms with Crippen molar-refractivity contribution in [1.29, 1.82) is 5.26 Å². The number of hydrogen-bond acceptors (Lipinski definition) is 4. The zero-order chi connectivity index (χ0) is 29.1. The third kappa shape index (κ3) is 5.60. The Kier molecular flexibility index (Phi) is 8.07. The lowest BCUT2D eigenvalue weighted by Crippen LogP contribution is -2.28. The summed E-state index contributed by atoms with van der Waals surface area (Å²) in [5.74, 6) is 0.626. The molecular weight excluding hydrogens is 494 g/mol. The highest BCUT2D eigenvalue weighted by Gasteiger charge is 2.28. The number of benzene rings is 2. The average molecular weight is 530 g/mol. The zero-order valence-corrected chi connectivity index (χ0v) is 24.0. The van der Waals surface area contributed by atoms with E-state index in [1.807, 2.05) is 107 Å². The van der Waals surface area contributed by atoms with Crippen molar-refractivity contribution in [1.82, 2.24) is 0 Å². The van der Waals surface area contributed by atoms with E-state index in [1.165, 1.54) is 0 Å². The first-order chi connectivity index (χ1) is 19.0. The van der Waals surface area contributed by atoms with Gasteiger partial charge in [-0.05, 0) is 28.9 Å². The van der Waals surface area contributed by atoms with Crippen molar-refractivity contribution in [3.63, 3.8) is 0 Å². The Labute approximate surface area is 236 Å². The molecule has 4 rings (SSSR count). The van der Waals surface area contributed by atoms with Crippen LogP contribution in [0.5, 0.6) is 5.75 Å². The van der Waals surface area contributed by atoms with Gasteiger partial charge in [-0.2, -0.15) is 5.26 Å². The molecule has 202 valence electrons. The Balaban J connectivity index is 1.86. The van der Waals surface area contributed by atoms with Crippen molar-refractivity contribution in [2.24, 2.45) is 0 Å². The van der Waals surface area contributed by atoms with E-state index in [2.05, 4.69) is 6.07 Å². The lowest BCUT2D eigenvalue weighted by atomic mass is 9.78. The topological polar surface area (TPSA) is 67.2 Å². The van der Waals surface area contributed by atoms with E-state index < -0.39 is 5.41 Å². The molecule has 0 aliphatic carbocycles. The van der Waals surface area contributed by atoms with Crippen molar-refractivity contribution >= 4 is 0 Å². The van der Waals surface area contributed by atoms with Crippen molar-refractivity contribution in [3.8, 4) is 34.1 Å². The van der Waals surface area contributed by atoms with E-state index in [-0.39, 0.29) is 16.3 Å². The fourth-order valence-corrected chi connectivity index (χ4v) is 5.31. The first kappa shape index (κ1) is 28.5. The molecule has 0 saturated heterocycles. The summed E-state index contributed by atoms with van der Waals surface area (Å²) in [5.41, 5.74) is 4.13. The van der Waals surface area contributed by atoms with Gasteiger partial charge in [-0.1, -0.05) is 120 Å². The van der Waals surface area contributed by atoms with Crippen LogP contribution in [0.3, 0.4) is 0 Å². The minimum absolute atomic E-state index is 0.0232. The highest BCUT2D eigenvalue weighted by atomic mass is 16.5. The molecule has 0 aliphatic rings. The first-order valence-electron chi connectivity index (χ1n) is 13.4. The number of nitriles is 1. The van der Waals surface area contributed by atoms with Crippen LogP contribution in [0.1, 0.15) is 56.9 Å². The van der Waals surface area contributed by atoms with E-state index in [4.69, 9.17) is 4.74 Å². The lowest BCUT2D eigenvalue weighted by Gasteiger charge is -2.26. The minimum atomic E-state index is -0.587. The number of nitrogens with zero attached hydrogens (tertiary/aromatic N) is 1. The second kappa shape index (κ2) is 11.3. The maximum Gasteiger partial charge on any atom is 0.190 e. The van der Waals surface area contributed by atoms with Gasteiger partial charge < -0.3 is 4.74 Å². The maximum atomic E-state index is 13.9. The smallest absolute Gasteiger partial charge is 0.190 e. The Morgan fingerprint density at radius 2 is 1.15 bits per heavy atom. The molecule has 0 fully saturated rings. The quantitative estimate of drug-likeness (QED) is 0.260. The van der Waals surface area contributed by atoms with Crippen LogP contribution in [0, 0.1) is 11.3 Å². The molecule has 0 N–H and O–H groups in total. The number of rotatable bonds is 6. The third-order valence-electron chi connectivity index (χ3n) is 7.35. The van der Waals surface area contributed by atoms with Gasteiger partial charge in [-0.25, -0.2) is 0 Å². The van der Waals surface area contributed by atoms with Gasteiger partial charge in [0.1, 0.15) is 5.75 Å². The molecule has 0 atom stereocenters. The first-order valence-corrected chi connectivity index (χ1v) is 13.4. The monoisotopic (exact) mass is 529 g/mol. The van der Waals surface area contributed by atoms with E-state index in [0.29, 0.717) is 40.0 Å². The second-order valence-corrected chi connectivity index (χ2v) is 11.7. The molecule has 0 aliphatic heterocycles. The molecule has 40 heavy (non-hydrogen) atoms. The van der Waals surface area contributed by atoms with Gasteiger partial charge in [0.05, 0.1) is 18.7 Å². The summed E-state index contributed by atoms with van der Waals surface area (Å²) in [5, 5.41) is 9.64. The molecule has 0 spiro atoms. The highest BCUT2D eigenvalue weighted by Crippen LogP contribution is 2.37. The SMILES string of the molecule is COc1c(CC(C)(C)c2ccccc(-c3ccccc3C#N)c2=O)cccc1-c1ccccc(C(C)(C)C)c1=O. The van der Waals surface area contributed by atoms with Gasteiger partial charge in [0, 0.05) is 33.4 Å². The Bertz CT molecular complexity index is 1720. The molecule has 0 aromatic heterocycles. The van der Waals surface area contributed by atoms with Crippen molar-refractivity contribution in [2.75, 3.05) is 7.11 Å². The summed E-state index contributed by atoms with van der Waals surface area (Å²) < 4.78 is 5.94. The number of ether oxygens (including phenoxy) is 1. The van der Waals surface area contributed by atoms with Crippen LogP contribution in [0.4, 0.5) is 0 Å². The molecule has 0 unspecified atom stereocenters. The summed E-state index contributed by atoms with van der Waals surface area (Å²) in [6.07, 6.45) is 0.502. The number of hydrogen-bond donors (Lipinski definition) is 0. The predicted octanol–water partition coefficient (Wildman–Crippen LogP) is 7.44. The summed E-state index contributed by atoms with van der Waals surface area (Å²) in [4.78, 5) is 27.6. The summed E-state index contributed by atoms with van der Waals surface area (Å²) in [6.45, 7) is 10.2. The largest absolute Gasteiger partial charge is 0.496 e. The van der Waals surface area contributed by atoms with E-state index in [9.17, 15) is 14.9 Å². The van der Waals surface area contributed by atoms with Crippen molar-refractivity contribution in [2.45, 2.75) is 51.9 Å². The zero-order valence-electron chi connectivity index (χ0n) is 24.0. The van der Waals surface area contributed by atoms with Crippen LogP contribution in [-0.2, 0) is 17.3 Å². The number of para-hydroxylation sites is 1. The van der Waals surface area contributed by atoms with Crippen molar-refractivity contribution in [3.05, 3.63) is 134 Å². The Hall–Kier alpha value is -4.49. The average Bonchev–Trinajstić information content (AvgIpc) is 3.23. The molecule has 0 amide bonds. The molecule has 4 aromatic rings. The van der Waals surface area contributed by atoms with Gasteiger partial charge >= 0.3 is 0 Å². The van der Waals surface area contributed by atoms with E-state index >= 15 is 0 Å². The van der Waals surface area contributed by atoms with Crippen LogP contribution in [-0.4, -0.2) is 7.11 Å². The molecular formula is C36H35NO3. The molecule has 4 nitrogen and oxygen atoms in total. The predicted molar refractivity (Wildman–Crippen MR) is 163 cm³/mol. The fraction of sp³-hybridized carbons (Fsp3) is 0.250. The van der Waals surface area contributed by atoms with Crippen LogP contribution >= 0.6 is 0 Å². The molecule has 4 aromatic carbocycles. The van der Waals surface area contributed by atoms with Crippen LogP contribution in [0.15, 0.2) is 101 Å². The normalized spacial score (nSPS) is 11.5. The third-order valence-corrected chi connectivity index (χ3v) is 7.35. The highest BCUT2D eigenvalue weighted by molar-refractivity contribution is 5.73. The molecule has 0 saturated carbocycles. The van der Waals surface area contributed by atoms with Gasteiger partial charge in [0.15, 0.2) is 10.9 Å². The minimum Gasteiger partial charge on any atom is -0.496 e. The Morgan fingerprint density at radius 1 is 0.650 bits per heavy atom. The van der Waals surface area contributed by atoms with Crippen molar-refractivity contribution < 1.29 is 4.74 Å². The summed E-state index contributed by atoms with van der Waals surface area (Å²) in [6, 6.07) is 30.1. The number of methoxy groups -OCH3 is 1. The van der Waals surface area contributed by atoms with Gasteiger partial charge in [0.25, 0.3) is 0 Å². The van der Waals surface area contributed by atoms with E-state index in [1.54, 1.807) is 25.3 Å².